The number of hydrogen-bond donors (Lipinski definition) is 3. The molecule has 0 heterocycles. The quantitative estimate of drug-likeness (QED) is 0.0320. The van der Waals surface area contributed by atoms with E-state index in [-0.39, 0.29) is 18.5 Å². The highest BCUT2D eigenvalue weighted by Crippen LogP contribution is 2.18. The van der Waals surface area contributed by atoms with Crippen LogP contribution in [0.25, 0.3) is 0 Å². The highest BCUT2D eigenvalue weighted by Gasteiger charge is 2.20. The van der Waals surface area contributed by atoms with Crippen LogP contribution in [-0.4, -0.2) is 47.4 Å². The van der Waals surface area contributed by atoms with Crippen LogP contribution in [0.15, 0.2) is 36.5 Å². The number of nitrogens with one attached hydrogen (secondary N) is 1. The van der Waals surface area contributed by atoms with Gasteiger partial charge in [0, 0.05) is 12.8 Å². The third-order valence-corrected chi connectivity index (χ3v) is 15.2. The molecule has 0 aliphatic heterocycles. The molecule has 0 saturated carbocycles. The van der Waals surface area contributed by atoms with E-state index < -0.39 is 12.1 Å². The number of unbranched alkanes of at least 4 members (excludes halogenated alkanes) is 44. The second-order valence-electron chi connectivity index (χ2n) is 22.4. The van der Waals surface area contributed by atoms with Gasteiger partial charge in [-0.1, -0.05) is 294 Å². The van der Waals surface area contributed by atoms with Crippen molar-refractivity contribution in [2.45, 2.75) is 366 Å². The van der Waals surface area contributed by atoms with E-state index in [4.69, 9.17) is 4.74 Å². The smallest absolute Gasteiger partial charge is 0.305 e. The van der Waals surface area contributed by atoms with Gasteiger partial charge in [-0.2, -0.15) is 0 Å². The number of aliphatic hydroxyl groups is 2. The van der Waals surface area contributed by atoms with Crippen molar-refractivity contribution in [3.63, 3.8) is 0 Å². The molecule has 0 aliphatic carbocycles. The van der Waals surface area contributed by atoms with Crippen molar-refractivity contribution < 1.29 is 24.5 Å². The van der Waals surface area contributed by atoms with Crippen molar-refractivity contribution in [2.75, 3.05) is 13.2 Å². The Labute approximate surface area is 455 Å². The molecule has 6 nitrogen and oxygen atoms in total. The Morgan fingerprint density at radius 1 is 0.384 bits per heavy atom. The van der Waals surface area contributed by atoms with Crippen molar-refractivity contribution in [1.82, 2.24) is 5.32 Å². The minimum atomic E-state index is -0.662. The maximum atomic E-state index is 12.5. The Morgan fingerprint density at radius 2 is 0.685 bits per heavy atom. The zero-order chi connectivity index (χ0) is 52.9. The summed E-state index contributed by atoms with van der Waals surface area (Å²) < 4.78 is 5.48. The van der Waals surface area contributed by atoms with Gasteiger partial charge in [0.05, 0.1) is 25.4 Å². The highest BCUT2D eigenvalue weighted by molar-refractivity contribution is 5.76. The van der Waals surface area contributed by atoms with Crippen molar-refractivity contribution in [3.8, 4) is 0 Å². The molecule has 0 fully saturated rings. The molecule has 3 N–H and O–H groups in total. The molecular formula is C67H127NO5. The van der Waals surface area contributed by atoms with E-state index in [1.807, 2.05) is 0 Å². The van der Waals surface area contributed by atoms with Crippen LogP contribution >= 0.6 is 0 Å². The van der Waals surface area contributed by atoms with Crippen LogP contribution in [-0.2, 0) is 14.3 Å². The Balaban J connectivity index is 3.35. The van der Waals surface area contributed by atoms with E-state index in [1.54, 1.807) is 0 Å². The number of rotatable bonds is 61. The van der Waals surface area contributed by atoms with E-state index in [9.17, 15) is 19.8 Å². The predicted octanol–water partition coefficient (Wildman–Crippen LogP) is 20.8. The summed E-state index contributed by atoms with van der Waals surface area (Å²) in [7, 11) is 0. The number of amides is 1. The topological polar surface area (TPSA) is 95.9 Å². The third kappa shape index (κ3) is 59.2. The molecule has 0 spiro atoms. The first-order chi connectivity index (χ1) is 36.0. The number of ether oxygens (including phenoxy) is 1. The SMILES string of the molecule is CCCCC/C=C\C/C=C\CCCCCCCC(=O)OCCCCCCCCCCCCCC/C=C\CCCCCCCCCCCCCCCCC(=O)NC(CO)C(O)CCCCCCCCCCCCC. The number of hydrogen-bond acceptors (Lipinski definition) is 5. The molecule has 2 atom stereocenters. The van der Waals surface area contributed by atoms with E-state index in [0.29, 0.717) is 25.9 Å². The van der Waals surface area contributed by atoms with Crippen LogP contribution in [0.1, 0.15) is 354 Å². The van der Waals surface area contributed by atoms with Crippen molar-refractivity contribution in [2.24, 2.45) is 0 Å². The number of aliphatic hydroxyl groups excluding tert-OH is 2. The Kier molecular flexibility index (Phi) is 61.0. The molecule has 2 unspecified atom stereocenters. The summed E-state index contributed by atoms with van der Waals surface area (Å²) in [6.07, 6.45) is 78.9. The molecule has 6 heteroatoms. The maximum Gasteiger partial charge on any atom is 0.305 e. The summed E-state index contributed by atoms with van der Waals surface area (Å²) in [4.78, 5) is 24.5. The van der Waals surface area contributed by atoms with Gasteiger partial charge in [-0.25, -0.2) is 0 Å². The number of carbonyl (C=O) groups excluding carboxylic acids is 2. The highest BCUT2D eigenvalue weighted by atomic mass is 16.5. The maximum absolute atomic E-state index is 12.5. The van der Waals surface area contributed by atoms with Crippen molar-refractivity contribution in [3.05, 3.63) is 36.5 Å². The lowest BCUT2D eigenvalue weighted by atomic mass is 10.0. The molecule has 0 aromatic rings. The first-order valence-corrected chi connectivity index (χ1v) is 32.7. The average Bonchev–Trinajstić information content (AvgIpc) is 3.39. The Morgan fingerprint density at radius 3 is 1.08 bits per heavy atom. The summed E-state index contributed by atoms with van der Waals surface area (Å²) in [5.74, 6) is -0.0304. The molecule has 0 radical (unpaired) electrons. The molecule has 1 amide bonds. The Bertz CT molecular complexity index is 1180. The van der Waals surface area contributed by atoms with Gasteiger partial charge in [0.15, 0.2) is 0 Å². The van der Waals surface area contributed by atoms with Crippen LogP contribution < -0.4 is 5.32 Å². The van der Waals surface area contributed by atoms with Crippen LogP contribution in [0.2, 0.25) is 0 Å². The van der Waals surface area contributed by atoms with E-state index in [2.05, 4.69) is 55.6 Å². The summed E-state index contributed by atoms with van der Waals surface area (Å²) in [5, 5.41) is 23.2. The normalized spacial score (nSPS) is 12.8. The lowest BCUT2D eigenvalue weighted by Gasteiger charge is -2.22. The van der Waals surface area contributed by atoms with Gasteiger partial charge in [-0.15, -0.1) is 0 Å². The van der Waals surface area contributed by atoms with E-state index >= 15 is 0 Å². The van der Waals surface area contributed by atoms with Crippen LogP contribution in [0.5, 0.6) is 0 Å². The number of carbonyl (C=O) groups is 2. The van der Waals surface area contributed by atoms with Gasteiger partial charge in [-0.3, -0.25) is 9.59 Å². The molecule has 0 aromatic carbocycles. The largest absolute Gasteiger partial charge is 0.466 e. The molecule has 0 bridgehead atoms. The second kappa shape index (κ2) is 62.6. The lowest BCUT2D eigenvalue weighted by molar-refractivity contribution is -0.143. The first kappa shape index (κ1) is 71.1. The van der Waals surface area contributed by atoms with Crippen molar-refractivity contribution >= 4 is 11.9 Å². The van der Waals surface area contributed by atoms with Gasteiger partial charge in [-0.05, 0) is 83.5 Å². The van der Waals surface area contributed by atoms with Gasteiger partial charge in [0.25, 0.3) is 0 Å². The number of allylic oxidation sites excluding steroid dienone is 6. The zero-order valence-electron chi connectivity index (χ0n) is 49.1. The lowest BCUT2D eigenvalue weighted by Crippen LogP contribution is -2.45. The zero-order valence-corrected chi connectivity index (χ0v) is 49.1. The molecule has 430 valence electrons. The summed E-state index contributed by atoms with van der Waals surface area (Å²) in [6.45, 7) is 4.93. The number of esters is 1. The van der Waals surface area contributed by atoms with Crippen molar-refractivity contribution in [1.29, 1.82) is 0 Å². The monoisotopic (exact) mass is 1030 g/mol. The Hall–Kier alpha value is -1.92. The summed E-state index contributed by atoms with van der Waals surface area (Å²) >= 11 is 0. The standard InChI is InChI=1S/C67H127NO5/c1-3-5-7-9-11-13-15-16-33-37-41-45-49-53-57-61-67(72)73-62-58-54-50-46-42-38-35-32-30-28-26-24-22-20-18-17-19-21-23-25-27-29-31-34-36-40-44-48-52-56-60-66(71)68-64(63-69)65(70)59-55-51-47-43-39-14-12-10-8-6-4-2/h11,13,16,18,20,33,64-65,69-70H,3-10,12,14-15,17,19,21-32,34-63H2,1-2H3,(H,68,71)/b13-11-,20-18-,33-16-. The molecule has 73 heavy (non-hydrogen) atoms. The predicted molar refractivity (Wildman–Crippen MR) is 319 cm³/mol. The molecular weight excluding hydrogens is 899 g/mol. The summed E-state index contributed by atoms with van der Waals surface area (Å²) in [6, 6.07) is -0.539. The minimum Gasteiger partial charge on any atom is -0.466 e. The van der Waals surface area contributed by atoms with E-state index in [0.717, 1.165) is 51.4 Å². The van der Waals surface area contributed by atoms with Gasteiger partial charge < -0.3 is 20.3 Å². The van der Waals surface area contributed by atoms with E-state index in [1.165, 1.54) is 270 Å². The third-order valence-electron chi connectivity index (χ3n) is 15.2. The molecule has 0 aromatic heterocycles. The fraction of sp³-hybridized carbons (Fsp3) is 0.881. The molecule has 0 saturated heterocycles. The van der Waals surface area contributed by atoms with Crippen LogP contribution in [0.3, 0.4) is 0 Å². The summed E-state index contributed by atoms with van der Waals surface area (Å²) in [5.41, 5.74) is 0. The van der Waals surface area contributed by atoms with Gasteiger partial charge >= 0.3 is 5.97 Å². The second-order valence-corrected chi connectivity index (χ2v) is 22.4. The minimum absolute atomic E-state index is 0.00309. The fourth-order valence-corrected chi connectivity index (χ4v) is 10.1. The van der Waals surface area contributed by atoms with Crippen LogP contribution in [0, 0.1) is 0 Å². The molecule has 0 rings (SSSR count). The van der Waals surface area contributed by atoms with Gasteiger partial charge in [0.1, 0.15) is 0 Å². The van der Waals surface area contributed by atoms with Gasteiger partial charge in [0.2, 0.25) is 5.91 Å². The first-order valence-electron chi connectivity index (χ1n) is 32.7. The average molecular weight is 1030 g/mol. The molecule has 0 aliphatic rings. The van der Waals surface area contributed by atoms with Crippen LogP contribution in [0.4, 0.5) is 0 Å². The fourth-order valence-electron chi connectivity index (χ4n) is 10.1.